The van der Waals surface area contributed by atoms with Crippen molar-refractivity contribution in [1.29, 1.82) is 0 Å². The maximum Gasteiger partial charge on any atom is 0.224 e. The predicted molar refractivity (Wildman–Crippen MR) is 79.5 cm³/mol. The van der Waals surface area contributed by atoms with E-state index in [9.17, 15) is 4.79 Å². The van der Waals surface area contributed by atoms with E-state index in [1.165, 1.54) is 0 Å². The van der Waals surface area contributed by atoms with E-state index in [1.54, 1.807) is 13.2 Å². The van der Waals surface area contributed by atoms with Gasteiger partial charge in [0.25, 0.3) is 0 Å². The Balaban J connectivity index is 2.01. The van der Waals surface area contributed by atoms with Crippen molar-refractivity contribution in [2.45, 2.75) is 26.2 Å². The molecule has 1 amide bonds. The minimum Gasteiger partial charge on any atom is -0.495 e. The highest BCUT2D eigenvalue weighted by Crippen LogP contribution is 2.31. The molecule has 4 nitrogen and oxygen atoms in total. The van der Waals surface area contributed by atoms with E-state index in [4.69, 9.17) is 21.1 Å². The number of anilines is 1. The minimum absolute atomic E-state index is 0.0110. The number of hydrogen-bond donors (Lipinski definition) is 1. The standard InChI is InChI=1S/C15H20ClNO3/c1-10-7-13(14(19-2)9-12(10)16)17-15(18)8-11-3-5-20-6-4-11/h7,9,11H,3-6,8H2,1-2H3,(H,17,18). The van der Waals surface area contributed by atoms with E-state index in [2.05, 4.69) is 5.32 Å². The van der Waals surface area contributed by atoms with Crippen molar-refractivity contribution in [1.82, 2.24) is 0 Å². The molecule has 2 rings (SSSR count). The summed E-state index contributed by atoms with van der Waals surface area (Å²) in [6.07, 6.45) is 2.42. The number of ether oxygens (including phenoxy) is 2. The predicted octanol–water partition coefficient (Wildman–Crippen LogP) is 3.41. The maximum absolute atomic E-state index is 12.1. The zero-order chi connectivity index (χ0) is 14.5. The van der Waals surface area contributed by atoms with Crippen LogP contribution in [0.3, 0.4) is 0 Å². The van der Waals surface area contributed by atoms with Gasteiger partial charge in [-0.05, 0) is 37.3 Å². The van der Waals surface area contributed by atoms with Gasteiger partial charge in [-0.25, -0.2) is 0 Å². The van der Waals surface area contributed by atoms with Crippen LogP contribution < -0.4 is 10.1 Å². The Hall–Kier alpha value is -1.26. The van der Waals surface area contributed by atoms with Gasteiger partial charge in [-0.3, -0.25) is 4.79 Å². The lowest BCUT2D eigenvalue weighted by atomic mass is 9.96. The molecule has 1 fully saturated rings. The molecule has 0 atom stereocenters. The van der Waals surface area contributed by atoms with Crippen molar-refractivity contribution in [3.05, 3.63) is 22.7 Å². The summed E-state index contributed by atoms with van der Waals surface area (Å²) < 4.78 is 10.6. The summed E-state index contributed by atoms with van der Waals surface area (Å²) in [4.78, 5) is 12.1. The van der Waals surface area contributed by atoms with Crippen LogP contribution in [0.2, 0.25) is 5.02 Å². The molecule has 0 spiro atoms. The van der Waals surface area contributed by atoms with E-state index < -0.39 is 0 Å². The Morgan fingerprint density at radius 1 is 1.45 bits per heavy atom. The van der Waals surface area contributed by atoms with Gasteiger partial charge in [0.2, 0.25) is 5.91 Å². The number of methoxy groups -OCH3 is 1. The Morgan fingerprint density at radius 3 is 2.80 bits per heavy atom. The molecule has 1 aromatic carbocycles. The molecule has 1 aliphatic heterocycles. The largest absolute Gasteiger partial charge is 0.495 e. The van der Waals surface area contributed by atoms with Crippen molar-refractivity contribution in [2.75, 3.05) is 25.6 Å². The first-order chi connectivity index (χ1) is 9.60. The SMILES string of the molecule is COc1cc(Cl)c(C)cc1NC(=O)CC1CCOCC1. The monoisotopic (exact) mass is 297 g/mol. The van der Waals surface area contributed by atoms with E-state index in [1.807, 2.05) is 13.0 Å². The summed E-state index contributed by atoms with van der Waals surface area (Å²) in [6, 6.07) is 3.56. The quantitative estimate of drug-likeness (QED) is 0.926. The van der Waals surface area contributed by atoms with Crippen LogP contribution in [0.25, 0.3) is 0 Å². The highest BCUT2D eigenvalue weighted by Gasteiger charge is 2.18. The third-order valence-corrected chi connectivity index (χ3v) is 3.98. The molecule has 0 radical (unpaired) electrons. The number of nitrogens with one attached hydrogen (secondary N) is 1. The van der Waals surface area contributed by atoms with Gasteiger partial charge in [-0.1, -0.05) is 11.6 Å². The summed E-state index contributed by atoms with van der Waals surface area (Å²) >= 11 is 6.05. The third-order valence-electron chi connectivity index (χ3n) is 3.57. The van der Waals surface area contributed by atoms with Crippen molar-refractivity contribution < 1.29 is 14.3 Å². The normalized spacial score (nSPS) is 15.9. The lowest BCUT2D eigenvalue weighted by Crippen LogP contribution is -2.22. The van der Waals surface area contributed by atoms with Crippen LogP contribution in [-0.4, -0.2) is 26.2 Å². The number of halogens is 1. The number of carbonyl (C=O) groups is 1. The van der Waals surface area contributed by atoms with Crippen LogP contribution in [0.15, 0.2) is 12.1 Å². The third kappa shape index (κ3) is 3.87. The Kier molecular flexibility index (Phi) is 5.26. The smallest absolute Gasteiger partial charge is 0.224 e. The van der Waals surface area contributed by atoms with Gasteiger partial charge in [0, 0.05) is 30.7 Å². The average molecular weight is 298 g/mol. The summed E-state index contributed by atoms with van der Waals surface area (Å²) in [7, 11) is 1.56. The molecular weight excluding hydrogens is 278 g/mol. The van der Waals surface area contributed by atoms with Crippen LogP contribution in [0.5, 0.6) is 5.75 Å². The molecule has 0 aromatic heterocycles. The van der Waals surface area contributed by atoms with Gasteiger partial charge in [-0.2, -0.15) is 0 Å². The van der Waals surface area contributed by atoms with Crippen LogP contribution in [-0.2, 0) is 9.53 Å². The second kappa shape index (κ2) is 6.95. The van der Waals surface area contributed by atoms with E-state index in [-0.39, 0.29) is 5.91 Å². The van der Waals surface area contributed by atoms with Gasteiger partial charge in [0.15, 0.2) is 0 Å². The fourth-order valence-electron chi connectivity index (χ4n) is 2.34. The van der Waals surface area contributed by atoms with Gasteiger partial charge in [0.1, 0.15) is 5.75 Å². The molecule has 1 heterocycles. The molecule has 0 aliphatic carbocycles. The molecule has 0 unspecified atom stereocenters. The van der Waals surface area contributed by atoms with E-state index in [0.29, 0.717) is 28.8 Å². The molecule has 0 bridgehead atoms. The zero-order valence-electron chi connectivity index (χ0n) is 11.9. The number of aryl methyl sites for hydroxylation is 1. The van der Waals surface area contributed by atoms with Gasteiger partial charge in [0.05, 0.1) is 12.8 Å². The topological polar surface area (TPSA) is 47.6 Å². The Morgan fingerprint density at radius 2 is 2.15 bits per heavy atom. The first kappa shape index (κ1) is 15.1. The van der Waals surface area contributed by atoms with Gasteiger partial charge in [-0.15, -0.1) is 0 Å². The number of benzene rings is 1. The fraction of sp³-hybridized carbons (Fsp3) is 0.533. The van der Waals surface area contributed by atoms with Gasteiger partial charge >= 0.3 is 0 Å². The number of amides is 1. The van der Waals surface area contributed by atoms with Crippen LogP contribution in [0.4, 0.5) is 5.69 Å². The highest BCUT2D eigenvalue weighted by atomic mass is 35.5. The maximum atomic E-state index is 12.1. The van der Waals surface area contributed by atoms with Crippen molar-refractivity contribution in [2.24, 2.45) is 5.92 Å². The van der Waals surface area contributed by atoms with Crippen molar-refractivity contribution in [3.8, 4) is 5.75 Å². The Bertz CT molecular complexity index is 484. The average Bonchev–Trinajstić information content (AvgIpc) is 2.43. The van der Waals surface area contributed by atoms with Gasteiger partial charge < -0.3 is 14.8 Å². The molecule has 110 valence electrons. The number of carbonyl (C=O) groups excluding carboxylic acids is 1. The van der Waals surface area contributed by atoms with Crippen molar-refractivity contribution in [3.63, 3.8) is 0 Å². The fourth-order valence-corrected chi connectivity index (χ4v) is 2.50. The molecular formula is C15H20ClNO3. The molecule has 1 aromatic rings. The van der Waals surface area contributed by atoms with Crippen LogP contribution in [0.1, 0.15) is 24.8 Å². The molecule has 20 heavy (non-hydrogen) atoms. The number of hydrogen-bond acceptors (Lipinski definition) is 3. The first-order valence-corrected chi connectivity index (χ1v) is 7.19. The lowest BCUT2D eigenvalue weighted by Gasteiger charge is -2.21. The summed E-state index contributed by atoms with van der Waals surface area (Å²) in [6.45, 7) is 3.40. The summed E-state index contributed by atoms with van der Waals surface area (Å²) in [5.41, 5.74) is 1.58. The second-order valence-electron chi connectivity index (χ2n) is 5.11. The molecule has 0 saturated carbocycles. The van der Waals surface area contributed by atoms with Crippen LogP contribution in [0, 0.1) is 12.8 Å². The van der Waals surface area contributed by atoms with Crippen molar-refractivity contribution >= 4 is 23.2 Å². The highest BCUT2D eigenvalue weighted by molar-refractivity contribution is 6.31. The van der Waals surface area contributed by atoms with E-state index >= 15 is 0 Å². The molecule has 1 saturated heterocycles. The van der Waals surface area contributed by atoms with E-state index in [0.717, 1.165) is 31.6 Å². The lowest BCUT2D eigenvalue weighted by molar-refractivity contribution is -0.117. The summed E-state index contributed by atoms with van der Waals surface area (Å²) in [5, 5.41) is 3.54. The van der Waals surface area contributed by atoms with Crippen LogP contribution >= 0.6 is 11.6 Å². The molecule has 1 N–H and O–H groups in total. The Labute approximate surface area is 124 Å². The molecule has 5 heteroatoms. The summed E-state index contributed by atoms with van der Waals surface area (Å²) in [5.74, 6) is 1.00. The number of rotatable bonds is 4. The minimum atomic E-state index is 0.0110. The second-order valence-corrected chi connectivity index (χ2v) is 5.52. The zero-order valence-corrected chi connectivity index (χ0v) is 12.6. The first-order valence-electron chi connectivity index (χ1n) is 6.82. The molecule has 1 aliphatic rings.